The molecule has 2 aromatic carbocycles. The summed E-state index contributed by atoms with van der Waals surface area (Å²) >= 11 is 0. The van der Waals surface area contributed by atoms with E-state index in [0.717, 1.165) is 0 Å². The fraction of sp³-hybridized carbons (Fsp3) is 0.519. The van der Waals surface area contributed by atoms with Crippen LogP contribution in [0.1, 0.15) is 15.9 Å². The van der Waals surface area contributed by atoms with E-state index in [4.69, 9.17) is 28.4 Å². The Labute approximate surface area is 234 Å². The average molecular weight is 583 g/mol. The van der Waals surface area contributed by atoms with Crippen molar-refractivity contribution in [1.82, 2.24) is 0 Å². The molecule has 0 aliphatic carbocycles. The van der Waals surface area contributed by atoms with Crippen molar-refractivity contribution in [2.24, 2.45) is 0 Å². The van der Waals surface area contributed by atoms with E-state index in [1.165, 1.54) is 25.3 Å². The van der Waals surface area contributed by atoms with Gasteiger partial charge in [-0.1, -0.05) is 18.2 Å². The lowest BCUT2D eigenvalue weighted by Gasteiger charge is -2.46. The van der Waals surface area contributed by atoms with Gasteiger partial charge in [-0.15, -0.1) is 0 Å². The molecule has 14 nitrogen and oxygen atoms in total. The van der Waals surface area contributed by atoms with E-state index >= 15 is 0 Å². The molecule has 0 aromatic heterocycles. The summed E-state index contributed by atoms with van der Waals surface area (Å²) in [6.45, 7) is -1.67. The van der Waals surface area contributed by atoms with Crippen LogP contribution in [0.5, 0.6) is 11.5 Å². The molecule has 0 bridgehead atoms. The number of aliphatic hydroxyl groups excluding tert-OH is 6. The summed E-state index contributed by atoms with van der Waals surface area (Å²) in [4.78, 5) is 12.4. The van der Waals surface area contributed by atoms with Gasteiger partial charge in [-0.25, -0.2) is 4.79 Å². The van der Waals surface area contributed by atoms with E-state index in [1.54, 1.807) is 30.3 Å². The number of carbonyl (C=O) groups is 1. The fourth-order valence-corrected chi connectivity index (χ4v) is 4.59. The second kappa shape index (κ2) is 13.8. The normalized spacial score (nSPS) is 33.7. The molecule has 0 amide bonds. The quantitative estimate of drug-likeness (QED) is 0.157. The third-order valence-electron chi connectivity index (χ3n) is 6.87. The van der Waals surface area contributed by atoms with Gasteiger partial charge in [-0.2, -0.15) is 0 Å². The van der Waals surface area contributed by atoms with Gasteiger partial charge >= 0.3 is 5.97 Å². The molecule has 0 saturated carbocycles. The van der Waals surface area contributed by atoms with Crippen LogP contribution in [-0.2, 0) is 30.3 Å². The first-order valence-electron chi connectivity index (χ1n) is 12.8. The molecule has 2 aromatic rings. The number of phenols is 1. The molecule has 226 valence electrons. The first-order chi connectivity index (χ1) is 19.7. The van der Waals surface area contributed by atoms with Gasteiger partial charge in [0.15, 0.2) is 6.29 Å². The molecular formula is C27H34O14. The van der Waals surface area contributed by atoms with Crippen LogP contribution in [0.4, 0.5) is 0 Å². The summed E-state index contributed by atoms with van der Waals surface area (Å²) in [6.07, 6.45) is -14.8. The maximum absolute atomic E-state index is 12.4. The topological polar surface area (TPSA) is 214 Å². The van der Waals surface area contributed by atoms with Gasteiger partial charge in [0.25, 0.3) is 0 Å². The number of hydrogen-bond donors (Lipinski definition) is 7. The van der Waals surface area contributed by atoms with Gasteiger partial charge < -0.3 is 64.2 Å². The van der Waals surface area contributed by atoms with Crippen molar-refractivity contribution >= 4 is 5.97 Å². The molecular weight excluding hydrogens is 548 g/mol. The van der Waals surface area contributed by atoms with Gasteiger partial charge in [0.05, 0.1) is 18.8 Å². The Hall–Kier alpha value is -2.89. The minimum absolute atomic E-state index is 0.107. The van der Waals surface area contributed by atoms with Crippen molar-refractivity contribution in [2.45, 2.75) is 68.0 Å². The van der Waals surface area contributed by atoms with Crippen LogP contribution in [0.3, 0.4) is 0 Å². The smallest absolute Gasteiger partial charge is 0.338 e. The van der Waals surface area contributed by atoms with Gasteiger partial charge in [-0.3, -0.25) is 0 Å². The zero-order valence-corrected chi connectivity index (χ0v) is 22.0. The second-order valence-corrected chi connectivity index (χ2v) is 9.57. The number of esters is 1. The number of hydrogen-bond acceptors (Lipinski definition) is 14. The summed E-state index contributed by atoms with van der Waals surface area (Å²) in [5, 5.41) is 70.9. The lowest BCUT2D eigenvalue weighted by Crippen LogP contribution is -2.65. The van der Waals surface area contributed by atoms with Crippen LogP contribution >= 0.6 is 0 Å². The highest BCUT2D eigenvalue weighted by atomic mass is 16.7. The van der Waals surface area contributed by atoms with Crippen LogP contribution in [0.15, 0.2) is 48.5 Å². The number of methoxy groups -OCH3 is 1. The molecule has 0 spiro atoms. The minimum atomic E-state index is -1.77. The molecule has 10 atom stereocenters. The highest BCUT2D eigenvalue weighted by Gasteiger charge is 2.52. The van der Waals surface area contributed by atoms with Gasteiger partial charge in [-0.05, 0) is 30.3 Å². The summed E-state index contributed by atoms with van der Waals surface area (Å²) in [5.74, 6) is -0.640. The predicted octanol–water partition coefficient (Wildman–Crippen LogP) is -1.59. The molecule has 7 N–H and O–H groups in total. The number of phenolic OH excluding ortho intramolecular Hbond substituents is 1. The zero-order valence-electron chi connectivity index (χ0n) is 22.0. The van der Waals surface area contributed by atoms with Crippen LogP contribution in [0, 0.1) is 0 Å². The first-order valence-corrected chi connectivity index (χ1v) is 12.8. The summed E-state index contributed by atoms with van der Waals surface area (Å²) in [7, 11) is 1.26. The number of rotatable bonds is 10. The maximum Gasteiger partial charge on any atom is 0.338 e. The Morgan fingerprint density at radius 3 is 2.15 bits per heavy atom. The van der Waals surface area contributed by atoms with Crippen molar-refractivity contribution in [3.63, 3.8) is 0 Å². The highest BCUT2D eigenvalue weighted by Crippen LogP contribution is 2.33. The summed E-state index contributed by atoms with van der Waals surface area (Å²) < 4.78 is 33.8. The standard InChI is InChI=1S/C27H34O14/c1-36-24-23(41-26-22(34)21(33)19(31)17(10-28)39-26)20(32)18(11-29)40-27(24)38-16-8-7-15(30)9-14(16)12-37-25(35)13-5-3-2-4-6-13/h2-9,17-24,26-34H,10-12H2,1H3/t17-,18-,19-,20-,21+,22-,23+,24-,26+,27-/m1/s1. The average Bonchev–Trinajstić information content (AvgIpc) is 2.98. The number of carbonyl (C=O) groups excluding carboxylic acids is 1. The maximum atomic E-state index is 12.4. The number of aromatic hydroxyl groups is 1. The molecule has 2 aliphatic heterocycles. The van der Waals surface area contributed by atoms with Crippen LogP contribution in [-0.4, -0.2) is 123 Å². The molecule has 2 heterocycles. The summed E-state index contributed by atoms with van der Waals surface area (Å²) in [5.41, 5.74) is 0.573. The summed E-state index contributed by atoms with van der Waals surface area (Å²) in [6, 6.07) is 12.3. The Balaban J connectivity index is 1.54. The van der Waals surface area contributed by atoms with Gasteiger partial charge in [0, 0.05) is 12.7 Å². The van der Waals surface area contributed by atoms with Crippen LogP contribution in [0.2, 0.25) is 0 Å². The van der Waals surface area contributed by atoms with Crippen molar-refractivity contribution in [3.8, 4) is 11.5 Å². The van der Waals surface area contributed by atoms with Crippen LogP contribution in [0.25, 0.3) is 0 Å². The molecule has 2 saturated heterocycles. The lowest BCUT2D eigenvalue weighted by molar-refractivity contribution is -0.354. The van der Waals surface area contributed by atoms with E-state index in [1.807, 2.05) is 0 Å². The Morgan fingerprint density at radius 1 is 0.829 bits per heavy atom. The van der Waals surface area contributed by atoms with E-state index < -0.39 is 80.6 Å². The number of benzene rings is 2. The van der Waals surface area contributed by atoms with Gasteiger partial charge in [0.1, 0.15) is 66.9 Å². The molecule has 14 heteroatoms. The van der Waals surface area contributed by atoms with E-state index in [-0.39, 0.29) is 23.7 Å². The molecule has 0 radical (unpaired) electrons. The molecule has 0 unspecified atom stereocenters. The molecule has 41 heavy (non-hydrogen) atoms. The number of ether oxygens (including phenoxy) is 6. The van der Waals surface area contributed by atoms with Crippen molar-refractivity contribution in [2.75, 3.05) is 20.3 Å². The Bertz CT molecular complexity index is 1130. The minimum Gasteiger partial charge on any atom is -0.508 e. The van der Waals surface area contributed by atoms with Crippen molar-refractivity contribution < 1.29 is 69.0 Å². The molecule has 2 fully saturated rings. The fourth-order valence-electron chi connectivity index (χ4n) is 4.59. The van der Waals surface area contributed by atoms with Crippen molar-refractivity contribution in [1.29, 1.82) is 0 Å². The second-order valence-electron chi connectivity index (χ2n) is 9.57. The van der Waals surface area contributed by atoms with E-state index in [9.17, 15) is 40.5 Å². The predicted molar refractivity (Wildman–Crippen MR) is 135 cm³/mol. The largest absolute Gasteiger partial charge is 0.508 e. The Kier molecular flexibility index (Phi) is 10.5. The van der Waals surface area contributed by atoms with Crippen molar-refractivity contribution in [3.05, 3.63) is 59.7 Å². The van der Waals surface area contributed by atoms with E-state index in [2.05, 4.69) is 0 Å². The van der Waals surface area contributed by atoms with Gasteiger partial charge in [0.2, 0.25) is 6.29 Å². The first kappa shape index (κ1) is 31.1. The van der Waals surface area contributed by atoms with Crippen LogP contribution < -0.4 is 4.74 Å². The lowest BCUT2D eigenvalue weighted by atomic mass is 9.97. The Morgan fingerprint density at radius 2 is 1.49 bits per heavy atom. The third kappa shape index (κ3) is 6.95. The highest BCUT2D eigenvalue weighted by molar-refractivity contribution is 5.89. The zero-order chi connectivity index (χ0) is 29.7. The molecule has 4 rings (SSSR count). The SMILES string of the molecule is CO[C@H]1[C@H](Oc2ccc(O)cc2COC(=O)c2ccccc2)O[C@H](CO)[C@@H](O)[C@@H]1O[C@@H]1O[C@H](CO)[C@@H](O)[C@H](O)[C@H]1O. The molecule has 2 aliphatic rings. The van der Waals surface area contributed by atoms with E-state index in [0.29, 0.717) is 5.56 Å². The third-order valence-corrected chi connectivity index (χ3v) is 6.87. The number of aliphatic hydroxyl groups is 6. The monoisotopic (exact) mass is 582 g/mol.